The van der Waals surface area contributed by atoms with E-state index in [0.29, 0.717) is 0 Å². The maximum absolute atomic E-state index is 2.82. The van der Waals surface area contributed by atoms with Gasteiger partial charge in [0.1, 0.15) is 0 Å². The van der Waals surface area contributed by atoms with Gasteiger partial charge in [-0.15, -0.1) is 11.3 Å². The molecule has 14 rings (SSSR count). The van der Waals surface area contributed by atoms with E-state index in [0.717, 1.165) is 6.42 Å². The topological polar surface area (TPSA) is 6.48 Å². The predicted octanol–water partition coefficient (Wildman–Crippen LogP) is 18.5. The molecule has 1 saturated carbocycles. The second-order valence-electron chi connectivity index (χ2n) is 28.3. The first-order chi connectivity index (χ1) is 37.1. The van der Waals surface area contributed by atoms with Crippen LogP contribution in [0, 0.1) is 6.92 Å². The second kappa shape index (κ2) is 16.8. The summed E-state index contributed by atoms with van der Waals surface area (Å²) >= 11 is 1.95. The van der Waals surface area contributed by atoms with Crippen molar-refractivity contribution < 1.29 is 0 Å². The van der Waals surface area contributed by atoms with E-state index < -0.39 is 0 Å². The first-order valence-corrected chi connectivity index (χ1v) is 30.2. The Balaban J connectivity index is 1.09. The minimum absolute atomic E-state index is 0.00562. The fourth-order valence-electron chi connectivity index (χ4n) is 15.8. The molecule has 78 heavy (non-hydrogen) atoms. The van der Waals surface area contributed by atoms with Gasteiger partial charge in [0, 0.05) is 49.6 Å². The lowest BCUT2D eigenvalue weighted by molar-refractivity contribution is 0.195. The number of benzene rings is 8. The number of thiophene rings is 1. The molecule has 5 aliphatic rings. The van der Waals surface area contributed by atoms with Crippen molar-refractivity contribution >= 4 is 83.0 Å². The average Bonchev–Trinajstić information content (AvgIpc) is 3.18. The van der Waals surface area contributed by atoms with Gasteiger partial charge in [0.25, 0.3) is 0 Å². The monoisotopic (exact) mass is 1040 g/mol. The van der Waals surface area contributed by atoms with Crippen LogP contribution >= 0.6 is 11.3 Å². The molecule has 0 saturated heterocycles. The molecule has 0 N–H and O–H groups in total. The fraction of sp³-hybridized carbons (Fsp3) is 0.351. The molecule has 1 aromatic heterocycles. The van der Waals surface area contributed by atoms with Gasteiger partial charge in [0.2, 0.25) is 6.71 Å². The highest BCUT2D eigenvalue weighted by molar-refractivity contribution is 7.26. The molecule has 3 aliphatic heterocycles. The summed E-state index contributed by atoms with van der Waals surface area (Å²) in [4.78, 5) is 5.57. The van der Waals surface area contributed by atoms with Crippen LogP contribution < -0.4 is 26.2 Å². The van der Waals surface area contributed by atoms with Crippen LogP contribution in [0.3, 0.4) is 0 Å². The van der Waals surface area contributed by atoms with Crippen molar-refractivity contribution in [3.8, 4) is 11.1 Å². The lowest BCUT2D eigenvalue weighted by Gasteiger charge is -2.51. The molecular formula is C74H77BN2S. The molecule has 0 radical (unpaired) electrons. The predicted molar refractivity (Wildman–Crippen MR) is 338 cm³/mol. The van der Waals surface area contributed by atoms with Gasteiger partial charge in [0.05, 0.1) is 15.9 Å². The molecule has 3 unspecified atom stereocenters. The standard InChI is InChI=1S/C74H77BN2S/c1-45-38-55-66(51-31-28-47(69(2,3)4)40-53(51)46-22-15-14-16-23-46)54-43-56-57(72(10,11)37-36-71(56,8)9)44-60(54)75-59-32-30-49(77-61-33-29-48(70(5,6)7)41-58(61)73(12)34-19-20-35-74(73,77)13)42-63(59)76(64(39-45)67(55)75)62-26-21-25-52-50-24-17-18-27-65(50)78-68(52)62/h14-18,21-33,38-44,66H,19-20,34-37H2,1-13H3. The zero-order valence-electron chi connectivity index (χ0n) is 48.6. The molecule has 9 aromatic rings. The molecule has 4 heterocycles. The lowest BCUT2D eigenvalue weighted by Crippen LogP contribution is -2.62. The number of hydrogen-bond donors (Lipinski definition) is 0. The third kappa shape index (κ3) is 7.12. The molecule has 1 fully saturated rings. The first kappa shape index (κ1) is 49.9. The molecule has 0 spiro atoms. The van der Waals surface area contributed by atoms with Crippen LogP contribution in [0.5, 0.6) is 0 Å². The van der Waals surface area contributed by atoms with Crippen LogP contribution in [0.1, 0.15) is 178 Å². The first-order valence-electron chi connectivity index (χ1n) is 29.4. The van der Waals surface area contributed by atoms with Gasteiger partial charge >= 0.3 is 0 Å². The van der Waals surface area contributed by atoms with E-state index in [-0.39, 0.29) is 45.2 Å². The van der Waals surface area contributed by atoms with Crippen molar-refractivity contribution in [1.82, 2.24) is 0 Å². The van der Waals surface area contributed by atoms with Gasteiger partial charge in [-0.2, -0.15) is 0 Å². The number of anilines is 5. The Kier molecular flexibility index (Phi) is 10.8. The van der Waals surface area contributed by atoms with E-state index >= 15 is 0 Å². The highest BCUT2D eigenvalue weighted by atomic mass is 32.1. The molecule has 3 atom stereocenters. The molecule has 4 heteroatoms. The summed E-state index contributed by atoms with van der Waals surface area (Å²) < 4.78 is 2.67. The van der Waals surface area contributed by atoms with E-state index in [1.165, 1.54) is 158 Å². The van der Waals surface area contributed by atoms with Crippen molar-refractivity contribution in [1.29, 1.82) is 0 Å². The van der Waals surface area contributed by atoms with Crippen LogP contribution in [-0.4, -0.2) is 12.3 Å². The summed E-state index contributed by atoms with van der Waals surface area (Å²) in [6, 6.07) is 60.9. The maximum atomic E-state index is 2.82. The van der Waals surface area contributed by atoms with Crippen molar-refractivity contribution in [3.63, 3.8) is 0 Å². The third-order valence-electron chi connectivity index (χ3n) is 20.6. The van der Waals surface area contributed by atoms with Gasteiger partial charge < -0.3 is 9.80 Å². The second-order valence-corrected chi connectivity index (χ2v) is 29.4. The van der Waals surface area contributed by atoms with E-state index in [1.54, 1.807) is 0 Å². The Morgan fingerprint density at radius 1 is 0.513 bits per heavy atom. The van der Waals surface area contributed by atoms with E-state index in [1.807, 2.05) is 11.3 Å². The Bertz CT molecular complexity index is 3970. The van der Waals surface area contributed by atoms with Gasteiger partial charge in [-0.05, 0) is 170 Å². The molecule has 2 nitrogen and oxygen atoms in total. The van der Waals surface area contributed by atoms with Gasteiger partial charge in [-0.3, -0.25) is 0 Å². The Morgan fingerprint density at radius 2 is 1.19 bits per heavy atom. The van der Waals surface area contributed by atoms with E-state index in [4.69, 9.17) is 0 Å². The highest BCUT2D eigenvalue weighted by Crippen LogP contribution is 2.62. The van der Waals surface area contributed by atoms with Crippen LogP contribution in [0.25, 0.3) is 31.3 Å². The Hall–Kier alpha value is -6.36. The minimum atomic E-state index is -0.0912. The van der Waals surface area contributed by atoms with Crippen molar-refractivity contribution in [2.45, 2.75) is 167 Å². The normalized spacial score (nSPS) is 21.7. The number of nitrogens with zero attached hydrogens (tertiary/aromatic N) is 2. The summed E-state index contributed by atoms with van der Waals surface area (Å²) in [5, 5.41) is 2.66. The van der Waals surface area contributed by atoms with E-state index in [9.17, 15) is 0 Å². The fourth-order valence-corrected chi connectivity index (χ4v) is 17.0. The Labute approximate surface area is 470 Å². The summed E-state index contributed by atoms with van der Waals surface area (Å²) in [7, 11) is 0. The molecular weight excluding hydrogens is 960 g/mol. The molecule has 0 bridgehead atoms. The van der Waals surface area contributed by atoms with Crippen LogP contribution in [0.15, 0.2) is 152 Å². The molecule has 2 aliphatic carbocycles. The van der Waals surface area contributed by atoms with Crippen LogP contribution in [-0.2, 0) is 27.1 Å². The minimum Gasteiger partial charge on any atom is -0.334 e. The number of hydrogen-bond acceptors (Lipinski definition) is 3. The smallest absolute Gasteiger partial charge is 0.247 e. The number of fused-ring (bicyclic) bond motifs is 11. The van der Waals surface area contributed by atoms with Crippen molar-refractivity contribution in [3.05, 3.63) is 202 Å². The molecule has 0 amide bonds. The van der Waals surface area contributed by atoms with Crippen LogP contribution in [0.4, 0.5) is 28.4 Å². The van der Waals surface area contributed by atoms with Gasteiger partial charge in [0.15, 0.2) is 0 Å². The summed E-state index contributed by atoms with van der Waals surface area (Å²) in [5.41, 5.74) is 26.5. The summed E-state index contributed by atoms with van der Waals surface area (Å²) in [6.45, 7) is 31.8. The highest BCUT2D eigenvalue weighted by Gasteiger charge is 2.58. The van der Waals surface area contributed by atoms with E-state index in [2.05, 4.69) is 251 Å². The van der Waals surface area contributed by atoms with Gasteiger partial charge in [-0.25, -0.2) is 0 Å². The summed E-state index contributed by atoms with van der Waals surface area (Å²) in [6.07, 6.45) is 7.21. The Morgan fingerprint density at radius 3 is 1.95 bits per heavy atom. The van der Waals surface area contributed by atoms with Crippen molar-refractivity contribution in [2.75, 3.05) is 9.80 Å². The quantitative estimate of drug-likeness (QED) is 0.162. The van der Waals surface area contributed by atoms with Crippen LogP contribution in [0.2, 0.25) is 0 Å². The largest absolute Gasteiger partial charge is 0.334 e. The maximum Gasteiger partial charge on any atom is 0.247 e. The molecule has 8 aromatic carbocycles. The third-order valence-corrected chi connectivity index (χ3v) is 21.8. The zero-order valence-corrected chi connectivity index (χ0v) is 49.5. The van der Waals surface area contributed by atoms with Crippen molar-refractivity contribution in [2.24, 2.45) is 0 Å². The number of rotatable bonds is 4. The molecule has 392 valence electrons. The summed E-state index contributed by atoms with van der Waals surface area (Å²) in [5.74, 6) is 0.00562. The average molecular weight is 1040 g/mol. The zero-order chi connectivity index (χ0) is 54.2. The number of aryl methyl sites for hydroxylation is 1. The SMILES string of the molecule is Cc1cc2c3c(c1)N(c1cccc4c1sc1ccccc14)c1cc(N4c5ccc(C(C)(C)C)cc5C5(C)CCCCC45C)ccc1B3c1cc3c(cc1C2c1ccc(C(C)(C)C)cc1-c1ccccc1)C(C)(C)CCC3(C)C. The van der Waals surface area contributed by atoms with Gasteiger partial charge in [-0.1, -0.05) is 210 Å². The lowest BCUT2D eigenvalue weighted by atomic mass is 9.30.